The number of hydrogen-bond donors (Lipinski definition) is 1. The average molecular weight is 344 g/mol. The van der Waals surface area contributed by atoms with Gasteiger partial charge in [0.25, 0.3) is 0 Å². The normalized spacial score (nSPS) is 18.9. The van der Waals surface area contributed by atoms with Crippen molar-refractivity contribution in [2.75, 3.05) is 39.9 Å². The summed E-state index contributed by atoms with van der Waals surface area (Å²) in [5, 5.41) is 2.76. The molecular weight excluding hydrogens is 312 g/mol. The summed E-state index contributed by atoms with van der Waals surface area (Å²) in [6, 6.07) is 0. The lowest BCUT2D eigenvalue weighted by atomic mass is 10.1. The lowest BCUT2D eigenvalue weighted by Crippen LogP contribution is -2.46. The molecule has 0 saturated carbocycles. The van der Waals surface area contributed by atoms with Gasteiger partial charge in [-0.25, -0.2) is 9.59 Å². The first-order valence-electron chi connectivity index (χ1n) is 8.70. The summed E-state index contributed by atoms with van der Waals surface area (Å²) in [7, 11) is 1.38. The van der Waals surface area contributed by atoms with Gasteiger partial charge in [0.15, 0.2) is 6.10 Å². The van der Waals surface area contributed by atoms with Gasteiger partial charge in [0, 0.05) is 19.6 Å². The van der Waals surface area contributed by atoms with E-state index in [1.165, 1.54) is 7.11 Å². The highest BCUT2D eigenvalue weighted by Gasteiger charge is 2.26. The molecule has 1 amide bonds. The lowest BCUT2D eigenvalue weighted by molar-refractivity contribution is -0.159. The summed E-state index contributed by atoms with van der Waals surface area (Å²) in [6.07, 6.45) is 3.34. The molecular formula is C17H32N2O5. The Morgan fingerprint density at radius 1 is 1.21 bits per heavy atom. The lowest BCUT2D eigenvalue weighted by Gasteiger charge is -2.31. The predicted octanol–water partition coefficient (Wildman–Crippen LogP) is 1.95. The number of alkyl carbamates (subject to hydrolysis) is 1. The second-order valence-corrected chi connectivity index (χ2v) is 7.03. The monoisotopic (exact) mass is 344 g/mol. The number of unbranched alkanes of at least 4 members (excludes halogenated alkanes) is 3. The Hall–Kier alpha value is -1.34. The third-order valence-corrected chi connectivity index (χ3v) is 3.68. The Morgan fingerprint density at radius 3 is 2.58 bits per heavy atom. The van der Waals surface area contributed by atoms with Crippen LogP contribution in [0.25, 0.3) is 0 Å². The molecule has 1 saturated heterocycles. The maximum atomic E-state index is 11.5. The summed E-state index contributed by atoms with van der Waals surface area (Å²) >= 11 is 0. The molecule has 140 valence electrons. The molecule has 1 atom stereocenters. The predicted molar refractivity (Wildman–Crippen MR) is 90.9 cm³/mol. The van der Waals surface area contributed by atoms with Crippen molar-refractivity contribution >= 4 is 12.1 Å². The van der Waals surface area contributed by atoms with Gasteiger partial charge < -0.3 is 19.5 Å². The van der Waals surface area contributed by atoms with Crippen molar-refractivity contribution in [1.29, 1.82) is 0 Å². The molecule has 0 bridgehead atoms. The molecule has 1 N–H and O–H groups in total. The van der Waals surface area contributed by atoms with Gasteiger partial charge in [-0.2, -0.15) is 0 Å². The third-order valence-electron chi connectivity index (χ3n) is 3.68. The van der Waals surface area contributed by atoms with Crippen LogP contribution in [0, 0.1) is 0 Å². The van der Waals surface area contributed by atoms with Crippen LogP contribution in [0.1, 0.15) is 46.5 Å². The number of ether oxygens (including phenoxy) is 3. The number of carbonyl (C=O) groups excluding carboxylic acids is 2. The highest BCUT2D eigenvalue weighted by atomic mass is 16.6. The quantitative estimate of drug-likeness (QED) is 0.536. The molecule has 7 heteroatoms. The number of esters is 1. The van der Waals surface area contributed by atoms with E-state index in [1.54, 1.807) is 0 Å². The second-order valence-electron chi connectivity index (χ2n) is 7.03. The molecule has 1 heterocycles. The Morgan fingerprint density at radius 2 is 1.92 bits per heavy atom. The van der Waals surface area contributed by atoms with Crippen LogP contribution >= 0.6 is 0 Å². The van der Waals surface area contributed by atoms with E-state index >= 15 is 0 Å². The zero-order valence-corrected chi connectivity index (χ0v) is 15.4. The van der Waals surface area contributed by atoms with E-state index in [4.69, 9.17) is 14.2 Å². The van der Waals surface area contributed by atoms with Crippen molar-refractivity contribution in [3.63, 3.8) is 0 Å². The topological polar surface area (TPSA) is 77.1 Å². The zero-order chi connectivity index (χ0) is 18.0. The molecule has 0 spiro atoms. The van der Waals surface area contributed by atoms with Crippen LogP contribution < -0.4 is 5.32 Å². The van der Waals surface area contributed by atoms with Crippen LogP contribution in [-0.2, 0) is 19.0 Å². The van der Waals surface area contributed by atoms with Crippen molar-refractivity contribution in [2.24, 2.45) is 0 Å². The molecule has 1 aliphatic rings. The van der Waals surface area contributed by atoms with Crippen molar-refractivity contribution in [2.45, 2.75) is 58.2 Å². The highest BCUT2D eigenvalue weighted by Crippen LogP contribution is 2.09. The summed E-state index contributed by atoms with van der Waals surface area (Å²) in [5.74, 6) is -0.298. The number of nitrogens with one attached hydrogen (secondary N) is 1. The van der Waals surface area contributed by atoms with Gasteiger partial charge in [0.05, 0.1) is 13.7 Å². The summed E-state index contributed by atoms with van der Waals surface area (Å²) in [6.45, 7) is 9.17. The Balaban J connectivity index is 2.02. The Labute approximate surface area is 145 Å². The first-order chi connectivity index (χ1) is 11.3. The van der Waals surface area contributed by atoms with Gasteiger partial charge in [-0.3, -0.25) is 4.90 Å². The fourth-order valence-corrected chi connectivity index (χ4v) is 2.50. The molecule has 0 aromatic carbocycles. The van der Waals surface area contributed by atoms with Crippen LogP contribution in [0.15, 0.2) is 0 Å². The number of rotatable bonds is 8. The first kappa shape index (κ1) is 20.7. The summed E-state index contributed by atoms with van der Waals surface area (Å²) in [4.78, 5) is 25.2. The second kappa shape index (κ2) is 10.5. The van der Waals surface area contributed by atoms with Crippen LogP contribution in [0.4, 0.5) is 4.79 Å². The maximum absolute atomic E-state index is 11.5. The van der Waals surface area contributed by atoms with E-state index in [1.807, 2.05) is 20.8 Å². The minimum atomic E-state index is -0.457. The van der Waals surface area contributed by atoms with Crippen molar-refractivity contribution in [3.05, 3.63) is 0 Å². The minimum Gasteiger partial charge on any atom is -0.467 e. The average Bonchev–Trinajstić information content (AvgIpc) is 2.51. The molecule has 0 aromatic heterocycles. The van der Waals surface area contributed by atoms with Gasteiger partial charge in [-0.15, -0.1) is 0 Å². The number of carbonyl (C=O) groups is 2. The van der Waals surface area contributed by atoms with Gasteiger partial charge in [0.1, 0.15) is 5.60 Å². The molecule has 7 nitrogen and oxygen atoms in total. The molecule has 1 aliphatic heterocycles. The van der Waals surface area contributed by atoms with Gasteiger partial charge in [0.2, 0.25) is 0 Å². The maximum Gasteiger partial charge on any atom is 0.407 e. The summed E-state index contributed by atoms with van der Waals surface area (Å²) in [5.41, 5.74) is -0.454. The third kappa shape index (κ3) is 9.08. The molecule has 0 aliphatic carbocycles. The van der Waals surface area contributed by atoms with E-state index < -0.39 is 11.7 Å². The highest BCUT2D eigenvalue weighted by molar-refractivity contribution is 5.74. The Bertz CT molecular complexity index is 395. The number of hydrogen-bond acceptors (Lipinski definition) is 6. The number of amides is 1. The van der Waals surface area contributed by atoms with Crippen molar-refractivity contribution < 1.29 is 23.8 Å². The van der Waals surface area contributed by atoms with Crippen molar-refractivity contribution in [1.82, 2.24) is 10.2 Å². The van der Waals surface area contributed by atoms with Gasteiger partial charge in [-0.1, -0.05) is 12.8 Å². The SMILES string of the molecule is COC(=O)[C@@H]1CN(CCCCCCNC(=O)OC(C)(C)C)CCO1. The fourth-order valence-electron chi connectivity index (χ4n) is 2.50. The van der Waals surface area contributed by atoms with Gasteiger partial charge >= 0.3 is 12.1 Å². The minimum absolute atomic E-state index is 0.298. The van der Waals surface area contributed by atoms with Crippen LogP contribution in [0.3, 0.4) is 0 Å². The first-order valence-corrected chi connectivity index (χ1v) is 8.70. The smallest absolute Gasteiger partial charge is 0.407 e. The van der Waals surface area contributed by atoms with E-state index in [0.717, 1.165) is 38.8 Å². The standard InChI is InChI=1S/C17H32N2O5/c1-17(2,3)24-16(21)18-9-7-5-6-8-10-19-11-12-23-14(13-19)15(20)22-4/h14H,5-13H2,1-4H3,(H,18,21)/t14-/m0/s1. The van der Waals surface area contributed by atoms with E-state index in [0.29, 0.717) is 19.7 Å². The molecule has 0 unspecified atom stereocenters. The molecule has 0 radical (unpaired) electrons. The number of nitrogens with zero attached hydrogens (tertiary/aromatic N) is 1. The largest absolute Gasteiger partial charge is 0.467 e. The van der Waals surface area contributed by atoms with Crippen LogP contribution in [0.2, 0.25) is 0 Å². The van der Waals surface area contributed by atoms with E-state index in [9.17, 15) is 9.59 Å². The molecule has 0 aromatic rings. The van der Waals surface area contributed by atoms with Crippen LogP contribution in [-0.4, -0.2) is 68.6 Å². The molecule has 1 rings (SSSR count). The number of morpholine rings is 1. The number of methoxy groups -OCH3 is 1. The Kier molecular flexibility index (Phi) is 9.07. The fraction of sp³-hybridized carbons (Fsp3) is 0.882. The molecule has 24 heavy (non-hydrogen) atoms. The van der Waals surface area contributed by atoms with Crippen LogP contribution in [0.5, 0.6) is 0 Å². The molecule has 1 fully saturated rings. The zero-order valence-electron chi connectivity index (χ0n) is 15.4. The van der Waals surface area contributed by atoms with Gasteiger partial charge in [-0.05, 0) is 40.2 Å². The summed E-state index contributed by atoms with van der Waals surface area (Å²) < 4.78 is 15.3. The van der Waals surface area contributed by atoms with Crippen molar-refractivity contribution in [3.8, 4) is 0 Å². The van der Waals surface area contributed by atoms with E-state index in [-0.39, 0.29) is 12.1 Å². The van der Waals surface area contributed by atoms with E-state index in [2.05, 4.69) is 10.2 Å².